The summed E-state index contributed by atoms with van der Waals surface area (Å²) in [7, 11) is 0. The maximum atomic E-state index is 12.3. The normalized spacial score (nSPS) is 15.8. The molecule has 1 aliphatic heterocycles. The van der Waals surface area contributed by atoms with E-state index in [1.807, 2.05) is 0 Å². The summed E-state index contributed by atoms with van der Waals surface area (Å²) < 4.78 is 1.72. The number of imide groups is 1. The molecule has 2 heterocycles. The summed E-state index contributed by atoms with van der Waals surface area (Å²) in [6.07, 6.45) is 4.83. The smallest absolute Gasteiger partial charge is 0.293 e. The van der Waals surface area contributed by atoms with Gasteiger partial charge in [-0.3, -0.25) is 24.6 Å². The maximum absolute atomic E-state index is 12.3. The number of non-ortho nitro benzene ring substituents is 1. The van der Waals surface area contributed by atoms with E-state index >= 15 is 0 Å². The van der Waals surface area contributed by atoms with E-state index in [1.165, 1.54) is 18.2 Å². The molecule has 0 atom stereocenters. The van der Waals surface area contributed by atoms with Crippen LogP contribution in [0.2, 0.25) is 0 Å². The second-order valence-electron chi connectivity index (χ2n) is 5.16. The van der Waals surface area contributed by atoms with Crippen LogP contribution in [0.5, 0.6) is 0 Å². The van der Waals surface area contributed by atoms with Gasteiger partial charge in [0.1, 0.15) is 0 Å². The fourth-order valence-electron chi connectivity index (χ4n) is 2.42. The van der Waals surface area contributed by atoms with Gasteiger partial charge in [0.25, 0.3) is 16.8 Å². The third-order valence-corrected chi connectivity index (χ3v) is 4.47. The van der Waals surface area contributed by atoms with E-state index in [2.05, 4.69) is 6.58 Å². The van der Waals surface area contributed by atoms with E-state index in [1.54, 1.807) is 41.1 Å². The van der Waals surface area contributed by atoms with Gasteiger partial charge < -0.3 is 4.57 Å². The molecule has 1 aliphatic rings. The highest BCUT2D eigenvalue weighted by atomic mass is 32.2. The predicted molar refractivity (Wildman–Crippen MR) is 95.3 cm³/mol. The summed E-state index contributed by atoms with van der Waals surface area (Å²) in [5.41, 5.74) is 1.21. The number of benzene rings is 1. The highest BCUT2D eigenvalue weighted by Gasteiger charge is 2.34. The van der Waals surface area contributed by atoms with Crippen LogP contribution in [0, 0.1) is 10.1 Å². The van der Waals surface area contributed by atoms with Crippen LogP contribution in [-0.4, -0.2) is 32.1 Å². The first-order valence-electron chi connectivity index (χ1n) is 7.29. The van der Waals surface area contributed by atoms with Crippen molar-refractivity contribution in [3.63, 3.8) is 0 Å². The SMILES string of the molecule is C=CCN1C(=O)SC(=Cc2cccn2-c2cccc([N+](=O)[O-])c2)C1=O. The standard InChI is InChI=1S/C17H13N3O4S/c1-2-8-19-16(21)15(25-17(19)22)11-13-7-4-9-18(13)12-5-3-6-14(10-12)20(23)24/h2-7,9-11H,1,8H2. The van der Waals surface area contributed by atoms with Crippen LogP contribution in [0.15, 0.2) is 60.2 Å². The van der Waals surface area contributed by atoms with Crippen molar-refractivity contribution < 1.29 is 14.5 Å². The summed E-state index contributed by atoms with van der Waals surface area (Å²) in [5.74, 6) is -0.373. The zero-order valence-corrected chi connectivity index (χ0v) is 13.8. The van der Waals surface area contributed by atoms with E-state index in [4.69, 9.17) is 0 Å². The minimum absolute atomic E-state index is 0.0246. The van der Waals surface area contributed by atoms with Crippen molar-refractivity contribution in [2.75, 3.05) is 6.54 Å². The number of thioether (sulfide) groups is 1. The Kier molecular flexibility index (Phi) is 4.53. The number of aromatic nitrogens is 1. The molecule has 0 radical (unpaired) electrons. The summed E-state index contributed by atoms with van der Waals surface area (Å²) in [5, 5.41) is 10.6. The third-order valence-electron chi connectivity index (χ3n) is 3.56. The van der Waals surface area contributed by atoms with Gasteiger partial charge in [-0.15, -0.1) is 6.58 Å². The Labute approximate surface area is 147 Å². The number of carbonyl (C=O) groups excluding carboxylic acids is 2. The van der Waals surface area contributed by atoms with Crippen LogP contribution >= 0.6 is 11.8 Å². The molecular formula is C17H13N3O4S. The Bertz CT molecular complexity index is 916. The quantitative estimate of drug-likeness (QED) is 0.354. The molecule has 126 valence electrons. The Morgan fingerprint density at radius 3 is 2.76 bits per heavy atom. The molecule has 2 aromatic rings. The van der Waals surface area contributed by atoms with Gasteiger partial charge in [0.2, 0.25) is 0 Å². The van der Waals surface area contributed by atoms with Gasteiger partial charge in [-0.25, -0.2) is 0 Å². The van der Waals surface area contributed by atoms with Crippen LogP contribution in [0.25, 0.3) is 11.8 Å². The Morgan fingerprint density at radius 2 is 2.04 bits per heavy atom. The first kappa shape index (κ1) is 16.7. The number of nitro groups is 1. The zero-order valence-electron chi connectivity index (χ0n) is 13.0. The lowest BCUT2D eigenvalue weighted by Gasteiger charge is -2.08. The van der Waals surface area contributed by atoms with E-state index in [0.717, 1.165) is 16.7 Å². The number of nitro benzene ring substituents is 1. The van der Waals surface area contributed by atoms with Gasteiger partial charge in [0.15, 0.2) is 0 Å². The van der Waals surface area contributed by atoms with Gasteiger partial charge in [-0.1, -0.05) is 12.1 Å². The van der Waals surface area contributed by atoms with Crippen molar-refractivity contribution in [2.24, 2.45) is 0 Å². The molecular weight excluding hydrogens is 342 g/mol. The number of amides is 2. The number of hydrogen-bond donors (Lipinski definition) is 0. The van der Waals surface area contributed by atoms with Gasteiger partial charge in [-0.2, -0.15) is 0 Å². The number of carbonyl (C=O) groups is 2. The molecule has 7 nitrogen and oxygen atoms in total. The topological polar surface area (TPSA) is 85.4 Å². The average Bonchev–Trinajstić information content (AvgIpc) is 3.16. The summed E-state index contributed by atoms with van der Waals surface area (Å²) >= 11 is 0.861. The minimum Gasteiger partial charge on any atom is -0.317 e. The van der Waals surface area contributed by atoms with Crippen LogP contribution in [0.4, 0.5) is 10.5 Å². The molecule has 3 rings (SSSR count). The molecule has 0 N–H and O–H groups in total. The van der Waals surface area contributed by atoms with Crippen LogP contribution in [0.1, 0.15) is 5.69 Å². The second kappa shape index (κ2) is 6.78. The fraction of sp³-hybridized carbons (Fsp3) is 0.0588. The molecule has 1 fully saturated rings. The average molecular weight is 355 g/mol. The van der Waals surface area contributed by atoms with Crippen molar-refractivity contribution in [3.05, 3.63) is 76.0 Å². The molecule has 25 heavy (non-hydrogen) atoms. The van der Waals surface area contributed by atoms with Crippen molar-refractivity contribution in [1.29, 1.82) is 0 Å². The molecule has 2 amide bonds. The summed E-state index contributed by atoms with van der Waals surface area (Å²) in [6, 6.07) is 9.70. The van der Waals surface area contributed by atoms with Crippen molar-refractivity contribution >= 4 is 34.7 Å². The van der Waals surface area contributed by atoms with E-state index < -0.39 is 4.92 Å². The predicted octanol–water partition coefficient (Wildman–Crippen LogP) is 3.61. The van der Waals surface area contributed by atoms with Gasteiger partial charge in [-0.05, 0) is 36.0 Å². The fourth-order valence-corrected chi connectivity index (χ4v) is 3.26. The number of hydrogen-bond acceptors (Lipinski definition) is 5. The van der Waals surface area contributed by atoms with Crippen molar-refractivity contribution in [3.8, 4) is 5.69 Å². The second-order valence-corrected chi connectivity index (χ2v) is 6.15. The number of nitrogens with zero attached hydrogens (tertiary/aromatic N) is 3. The summed E-state index contributed by atoms with van der Waals surface area (Å²) in [4.78, 5) is 36.1. The molecule has 0 unspecified atom stereocenters. The van der Waals surface area contributed by atoms with Crippen LogP contribution in [0.3, 0.4) is 0 Å². The molecule has 1 saturated heterocycles. The number of rotatable bonds is 5. The molecule has 0 aliphatic carbocycles. The monoisotopic (exact) mass is 355 g/mol. The molecule has 1 aromatic carbocycles. The van der Waals surface area contributed by atoms with Crippen LogP contribution in [-0.2, 0) is 4.79 Å². The Hall–Kier alpha value is -3.13. The van der Waals surface area contributed by atoms with Crippen molar-refractivity contribution in [1.82, 2.24) is 9.47 Å². The van der Waals surface area contributed by atoms with Gasteiger partial charge in [0.05, 0.1) is 15.5 Å². The van der Waals surface area contributed by atoms with E-state index in [9.17, 15) is 19.7 Å². The van der Waals surface area contributed by atoms with E-state index in [0.29, 0.717) is 16.3 Å². The lowest BCUT2D eigenvalue weighted by Crippen LogP contribution is -2.27. The largest absolute Gasteiger partial charge is 0.317 e. The molecule has 0 spiro atoms. The van der Waals surface area contributed by atoms with E-state index in [-0.39, 0.29) is 23.4 Å². The lowest BCUT2D eigenvalue weighted by molar-refractivity contribution is -0.384. The molecule has 0 saturated carbocycles. The highest BCUT2D eigenvalue weighted by molar-refractivity contribution is 8.18. The van der Waals surface area contributed by atoms with Gasteiger partial charge in [0, 0.05) is 30.6 Å². The highest BCUT2D eigenvalue weighted by Crippen LogP contribution is 2.32. The molecule has 1 aromatic heterocycles. The minimum atomic E-state index is -0.465. The molecule has 8 heteroatoms. The van der Waals surface area contributed by atoms with Gasteiger partial charge >= 0.3 is 0 Å². The first-order chi connectivity index (χ1) is 12.0. The third kappa shape index (κ3) is 3.24. The Balaban J connectivity index is 1.97. The Morgan fingerprint density at radius 1 is 1.24 bits per heavy atom. The lowest BCUT2D eigenvalue weighted by atomic mass is 10.2. The maximum Gasteiger partial charge on any atom is 0.293 e. The zero-order chi connectivity index (χ0) is 18.0. The van der Waals surface area contributed by atoms with Crippen molar-refractivity contribution in [2.45, 2.75) is 0 Å². The summed E-state index contributed by atoms with van der Waals surface area (Å²) in [6.45, 7) is 3.70. The first-order valence-corrected chi connectivity index (χ1v) is 8.11. The van der Waals surface area contributed by atoms with Crippen LogP contribution < -0.4 is 0 Å². The molecule has 0 bridgehead atoms.